The van der Waals surface area contributed by atoms with Crippen molar-refractivity contribution >= 4 is 17.2 Å². The number of furan rings is 1. The molecule has 0 spiro atoms. The minimum absolute atomic E-state index is 0.0506. The lowest BCUT2D eigenvalue weighted by Gasteiger charge is -2.04. The van der Waals surface area contributed by atoms with E-state index < -0.39 is 5.91 Å². The summed E-state index contributed by atoms with van der Waals surface area (Å²) in [5, 5.41) is 0. The molecule has 0 radical (unpaired) electrons. The highest BCUT2D eigenvalue weighted by molar-refractivity contribution is 7.09. The lowest BCUT2D eigenvalue weighted by Crippen LogP contribution is -2.30. The second kappa shape index (κ2) is 4.79. The van der Waals surface area contributed by atoms with Crippen molar-refractivity contribution in [2.24, 2.45) is 5.84 Å². The van der Waals surface area contributed by atoms with Gasteiger partial charge in [0.15, 0.2) is 5.76 Å². The van der Waals surface area contributed by atoms with Crippen LogP contribution >= 0.6 is 11.3 Å². The second-order valence-electron chi connectivity index (χ2n) is 3.84. The minimum Gasteiger partial charge on any atom is -0.459 e. The normalized spacial score (nSPS) is 10.6. The highest BCUT2D eigenvalue weighted by Gasteiger charge is 2.16. The number of thiazole rings is 1. The van der Waals surface area contributed by atoms with E-state index in [4.69, 9.17) is 10.3 Å². The molecule has 7 heteroatoms. The first-order chi connectivity index (χ1) is 8.54. The molecule has 0 aromatic carbocycles. The van der Waals surface area contributed by atoms with Crippen molar-refractivity contribution in [1.82, 2.24) is 9.99 Å². The Morgan fingerprint density at radius 3 is 2.83 bits per heavy atom. The van der Waals surface area contributed by atoms with Crippen LogP contribution in [0.4, 0.5) is 0 Å². The maximum absolute atomic E-state index is 11.8. The average molecular weight is 267 g/mol. The van der Waals surface area contributed by atoms with Crippen molar-refractivity contribution in [3.63, 3.8) is 0 Å². The Hall–Kier alpha value is -1.86. The zero-order chi connectivity index (χ0) is 13.3. The third-order valence-corrected chi connectivity index (χ3v) is 3.78. The maximum atomic E-state index is 11.8. The molecule has 2 heterocycles. The number of nitrogens with two attached hydrogens (primary N) is 1. The van der Waals surface area contributed by atoms with E-state index in [0.29, 0.717) is 12.1 Å². The van der Waals surface area contributed by atoms with Gasteiger partial charge in [-0.2, -0.15) is 0 Å². The number of carbonyl (C=O) groups is 1. The third kappa shape index (κ3) is 2.09. The lowest BCUT2D eigenvalue weighted by molar-refractivity contribution is 0.0924. The zero-order valence-corrected chi connectivity index (χ0v) is 10.8. The Bertz CT molecular complexity index is 638. The molecule has 0 aliphatic rings. The molecule has 3 N–H and O–H groups in total. The molecule has 2 rings (SSSR count). The van der Waals surface area contributed by atoms with Crippen molar-refractivity contribution < 1.29 is 9.21 Å². The van der Waals surface area contributed by atoms with Crippen molar-refractivity contribution in [3.05, 3.63) is 43.9 Å². The second-order valence-corrected chi connectivity index (χ2v) is 5.01. The molecule has 0 aliphatic heterocycles. The first kappa shape index (κ1) is 12.6. The Labute approximate surface area is 107 Å². The van der Waals surface area contributed by atoms with Gasteiger partial charge in [-0.25, -0.2) is 5.84 Å². The molecule has 96 valence electrons. The number of hydrogen-bond acceptors (Lipinski definition) is 5. The number of aromatic nitrogens is 1. The van der Waals surface area contributed by atoms with E-state index in [-0.39, 0.29) is 10.6 Å². The highest BCUT2D eigenvalue weighted by atomic mass is 32.1. The van der Waals surface area contributed by atoms with Crippen LogP contribution in [0.2, 0.25) is 0 Å². The van der Waals surface area contributed by atoms with Gasteiger partial charge in [0, 0.05) is 16.1 Å². The quantitative estimate of drug-likeness (QED) is 0.488. The Balaban J connectivity index is 2.38. The summed E-state index contributed by atoms with van der Waals surface area (Å²) in [6, 6.07) is 1.66. The predicted molar refractivity (Wildman–Crippen MR) is 67.5 cm³/mol. The number of nitrogen functional groups attached to an aromatic ring is 1. The molecular weight excluding hydrogens is 254 g/mol. The summed E-state index contributed by atoms with van der Waals surface area (Å²) in [4.78, 5) is 24.1. The Morgan fingerprint density at radius 2 is 2.28 bits per heavy atom. The first-order valence-electron chi connectivity index (χ1n) is 5.28. The van der Waals surface area contributed by atoms with Crippen molar-refractivity contribution in [2.45, 2.75) is 20.4 Å². The van der Waals surface area contributed by atoms with Crippen LogP contribution in [0.1, 0.15) is 26.7 Å². The fraction of sp³-hybridized carbons (Fsp3) is 0.273. The molecule has 0 aliphatic carbocycles. The van der Waals surface area contributed by atoms with E-state index in [1.165, 1.54) is 17.6 Å². The summed E-state index contributed by atoms with van der Waals surface area (Å²) in [6.07, 6.45) is 1.40. The molecule has 0 saturated carbocycles. The van der Waals surface area contributed by atoms with Gasteiger partial charge in [-0.3, -0.25) is 19.6 Å². The van der Waals surface area contributed by atoms with Crippen LogP contribution in [0.15, 0.2) is 21.5 Å². The van der Waals surface area contributed by atoms with Crippen LogP contribution in [0.25, 0.3) is 0 Å². The minimum atomic E-state index is -0.507. The van der Waals surface area contributed by atoms with Crippen LogP contribution in [-0.2, 0) is 6.54 Å². The number of rotatable bonds is 3. The third-order valence-electron chi connectivity index (χ3n) is 2.79. The molecule has 2 aromatic heterocycles. The van der Waals surface area contributed by atoms with E-state index >= 15 is 0 Å². The molecule has 18 heavy (non-hydrogen) atoms. The van der Waals surface area contributed by atoms with Crippen LogP contribution in [0.5, 0.6) is 0 Å². The number of hydrogen-bond donors (Lipinski definition) is 2. The van der Waals surface area contributed by atoms with Crippen LogP contribution in [0, 0.1) is 13.8 Å². The van der Waals surface area contributed by atoms with E-state index in [2.05, 4.69) is 0 Å². The number of nitrogens with zero attached hydrogens (tertiary/aromatic N) is 1. The van der Waals surface area contributed by atoms with Crippen molar-refractivity contribution in [1.29, 1.82) is 0 Å². The molecule has 2 aromatic rings. The standard InChI is InChI=1S/C11H13N3O3S/c1-6-7(2)18-11(16)14(6)5-8-3-4-17-9(8)10(15)13-12/h3-4H,5,12H2,1-2H3,(H,13,15). The molecule has 0 atom stereocenters. The highest BCUT2D eigenvalue weighted by Crippen LogP contribution is 2.15. The van der Waals surface area contributed by atoms with E-state index in [9.17, 15) is 9.59 Å². The number of hydrazine groups is 1. The molecular formula is C11H13N3O3S. The lowest BCUT2D eigenvalue weighted by atomic mass is 10.2. The fourth-order valence-electron chi connectivity index (χ4n) is 1.67. The van der Waals surface area contributed by atoms with Gasteiger partial charge in [-0.1, -0.05) is 11.3 Å². The molecule has 0 fully saturated rings. The van der Waals surface area contributed by atoms with Crippen molar-refractivity contribution in [3.8, 4) is 0 Å². The van der Waals surface area contributed by atoms with E-state index in [1.807, 2.05) is 19.3 Å². The van der Waals surface area contributed by atoms with Crippen LogP contribution in [0.3, 0.4) is 0 Å². The smallest absolute Gasteiger partial charge is 0.307 e. The van der Waals surface area contributed by atoms with Gasteiger partial charge in [-0.15, -0.1) is 0 Å². The van der Waals surface area contributed by atoms with Gasteiger partial charge < -0.3 is 4.42 Å². The van der Waals surface area contributed by atoms with Crippen LogP contribution < -0.4 is 16.1 Å². The molecule has 6 nitrogen and oxygen atoms in total. The summed E-state index contributed by atoms with van der Waals surface area (Å²) in [7, 11) is 0. The molecule has 0 bridgehead atoms. The first-order valence-corrected chi connectivity index (χ1v) is 6.10. The summed E-state index contributed by atoms with van der Waals surface area (Å²) in [6.45, 7) is 4.06. The zero-order valence-electron chi connectivity index (χ0n) is 10.0. The molecule has 0 saturated heterocycles. The largest absolute Gasteiger partial charge is 0.459 e. The number of aryl methyl sites for hydroxylation is 1. The van der Waals surface area contributed by atoms with Gasteiger partial charge in [-0.05, 0) is 19.9 Å². The van der Waals surface area contributed by atoms with E-state index in [1.54, 1.807) is 10.6 Å². The maximum Gasteiger partial charge on any atom is 0.307 e. The monoisotopic (exact) mass is 267 g/mol. The summed E-state index contributed by atoms with van der Waals surface area (Å²) in [5.74, 6) is 4.69. The molecule has 0 unspecified atom stereocenters. The SMILES string of the molecule is Cc1sc(=O)n(Cc2ccoc2C(=O)NN)c1C. The van der Waals surface area contributed by atoms with Gasteiger partial charge in [0.05, 0.1) is 12.8 Å². The van der Waals surface area contributed by atoms with Crippen LogP contribution in [-0.4, -0.2) is 10.5 Å². The number of amides is 1. The topological polar surface area (TPSA) is 90.3 Å². The van der Waals surface area contributed by atoms with E-state index in [0.717, 1.165) is 10.6 Å². The Morgan fingerprint density at radius 1 is 1.56 bits per heavy atom. The Kier molecular flexibility index (Phi) is 3.35. The predicted octanol–water partition coefficient (Wildman–Crippen LogP) is 0.771. The number of nitrogens with one attached hydrogen (secondary N) is 1. The summed E-state index contributed by atoms with van der Waals surface area (Å²) >= 11 is 1.19. The molecule has 1 amide bonds. The fourth-order valence-corrected chi connectivity index (χ4v) is 2.50. The summed E-state index contributed by atoms with van der Waals surface area (Å²) in [5.41, 5.74) is 3.53. The average Bonchev–Trinajstić information content (AvgIpc) is 2.89. The van der Waals surface area contributed by atoms with Gasteiger partial charge in [0.2, 0.25) is 0 Å². The van der Waals surface area contributed by atoms with Gasteiger partial charge in [0.1, 0.15) is 0 Å². The van der Waals surface area contributed by atoms with Gasteiger partial charge in [0.25, 0.3) is 0 Å². The number of carbonyl (C=O) groups excluding carboxylic acids is 1. The summed E-state index contributed by atoms with van der Waals surface area (Å²) < 4.78 is 6.68. The van der Waals surface area contributed by atoms with Crippen molar-refractivity contribution in [2.75, 3.05) is 0 Å². The van der Waals surface area contributed by atoms with Gasteiger partial charge >= 0.3 is 10.8 Å².